The van der Waals surface area contributed by atoms with E-state index >= 15 is 0 Å². The molecular weight excluding hydrogens is 315 g/mol. The zero-order valence-corrected chi connectivity index (χ0v) is 13.7. The molecule has 128 valence electrons. The van der Waals surface area contributed by atoms with Crippen LogP contribution in [0.15, 0.2) is 54.6 Å². The Morgan fingerprint density at radius 3 is 2.21 bits per heavy atom. The van der Waals surface area contributed by atoms with Gasteiger partial charge in [-0.1, -0.05) is 62.4 Å². The predicted molar refractivity (Wildman–Crippen MR) is 87.6 cm³/mol. The quantitative estimate of drug-likeness (QED) is 0.865. The van der Waals surface area contributed by atoms with E-state index in [2.05, 4.69) is 5.32 Å². The highest BCUT2D eigenvalue weighted by molar-refractivity contribution is 5.78. The molecule has 0 fully saturated rings. The lowest BCUT2D eigenvalue weighted by Gasteiger charge is -2.25. The zero-order valence-electron chi connectivity index (χ0n) is 13.7. The maximum Gasteiger partial charge on any atom is 0.416 e. The maximum absolute atomic E-state index is 12.7. The van der Waals surface area contributed by atoms with Gasteiger partial charge in [0.1, 0.15) is 0 Å². The van der Waals surface area contributed by atoms with E-state index in [0.29, 0.717) is 12.1 Å². The fourth-order valence-electron chi connectivity index (χ4n) is 2.42. The van der Waals surface area contributed by atoms with Crippen molar-refractivity contribution in [3.63, 3.8) is 0 Å². The van der Waals surface area contributed by atoms with Crippen molar-refractivity contribution < 1.29 is 18.0 Å². The Labute approximate surface area is 139 Å². The molecule has 0 aromatic heterocycles. The smallest absolute Gasteiger partial charge is 0.355 e. The van der Waals surface area contributed by atoms with Crippen molar-refractivity contribution in [1.82, 2.24) is 5.32 Å². The summed E-state index contributed by atoms with van der Waals surface area (Å²) < 4.78 is 38.1. The number of amides is 1. The van der Waals surface area contributed by atoms with Crippen LogP contribution in [0.1, 0.15) is 30.5 Å². The van der Waals surface area contributed by atoms with Crippen molar-refractivity contribution in [2.75, 3.05) is 6.54 Å². The van der Waals surface area contributed by atoms with Gasteiger partial charge in [-0.3, -0.25) is 4.79 Å². The van der Waals surface area contributed by atoms with Gasteiger partial charge in [-0.25, -0.2) is 0 Å². The predicted octanol–water partition coefficient (Wildman–Crippen LogP) is 4.34. The summed E-state index contributed by atoms with van der Waals surface area (Å²) in [4.78, 5) is 12.1. The number of alkyl halides is 3. The second kappa shape index (κ2) is 7.07. The summed E-state index contributed by atoms with van der Waals surface area (Å²) in [5, 5.41) is 2.81. The van der Waals surface area contributed by atoms with Crippen LogP contribution in [0.3, 0.4) is 0 Å². The van der Waals surface area contributed by atoms with E-state index < -0.39 is 11.7 Å². The first-order valence-corrected chi connectivity index (χ1v) is 7.67. The Morgan fingerprint density at radius 2 is 1.58 bits per heavy atom. The van der Waals surface area contributed by atoms with Gasteiger partial charge in [-0.2, -0.15) is 13.2 Å². The van der Waals surface area contributed by atoms with E-state index in [1.807, 2.05) is 44.2 Å². The first kappa shape index (κ1) is 18.0. The fraction of sp³-hybridized carbons (Fsp3) is 0.316. The number of carbonyl (C=O) groups is 1. The van der Waals surface area contributed by atoms with Crippen LogP contribution in [-0.2, 0) is 22.8 Å². The molecule has 24 heavy (non-hydrogen) atoms. The summed E-state index contributed by atoms with van der Waals surface area (Å²) in [6.45, 7) is 4.43. The number of halogens is 3. The lowest BCUT2D eigenvalue weighted by Crippen LogP contribution is -2.37. The largest absolute Gasteiger partial charge is 0.416 e. The number of nitrogens with one attached hydrogen (secondary N) is 1. The SMILES string of the molecule is CC(C)(CNC(=O)Cc1cccc(C(F)(F)F)c1)c1ccccc1. The molecule has 2 nitrogen and oxygen atoms in total. The third-order valence-electron chi connectivity index (χ3n) is 3.90. The van der Waals surface area contributed by atoms with Gasteiger partial charge in [0.25, 0.3) is 0 Å². The van der Waals surface area contributed by atoms with Crippen LogP contribution in [0.2, 0.25) is 0 Å². The molecule has 5 heteroatoms. The molecule has 0 aliphatic rings. The van der Waals surface area contributed by atoms with E-state index in [9.17, 15) is 18.0 Å². The molecule has 0 spiro atoms. The molecule has 1 amide bonds. The third-order valence-corrected chi connectivity index (χ3v) is 3.90. The molecule has 2 rings (SSSR count). The number of hydrogen-bond acceptors (Lipinski definition) is 1. The summed E-state index contributed by atoms with van der Waals surface area (Å²) in [7, 11) is 0. The molecular formula is C19H20F3NO. The zero-order chi connectivity index (χ0) is 17.8. The standard InChI is InChI=1S/C19H20F3NO/c1-18(2,15-8-4-3-5-9-15)13-23-17(24)12-14-7-6-10-16(11-14)19(20,21)22/h3-11H,12-13H2,1-2H3,(H,23,24). The summed E-state index contributed by atoms with van der Waals surface area (Å²) in [5.74, 6) is -0.293. The molecule has 1 N–H and O–H groups in total. The monoisotopic (exact) mass is 335 g/mol. The molecule has 0 radical (unpaired) electrons. The van der Waals surface area contributed by atoms with E-state index in [4.69, 9.17) is 0 Å². The maximum atomic E-state index is 12.7. The van der Waals surface area contributed by atoms with Gasteiger partial charge in [0.05, 0.1) is 12.0 Å². The molecule has 2 aromatic carbocycles. The van der Waals surface area contributed by atoms with Gasteiger partial charge >= 0.3 is 6.18 Å². The number of carbonyl (C=O) groups excluding carboxylic acids is 1. The van der Waals surface area contributed by atoms with Gasteiger partial charge in [0.15, 0.2) is 0 Å². The Hall–Kier alpha value is -2.30. The van der Waals surface area contributed by atoms with Gasteiger partial charge in [-0.15, -0.1) is 0 Å². The Kier molecular flexibility index (Phi) is 5.32. The van der Waals surface area contributed by atoms with Gasteiger partial charge < -0.3 is 5.32 Å². The fourth-order valence-corrected chi connectivity index (χ4v) is 2.42. The van der Waals surface area contributed by atoms with E-state index in [1.165, 1.54) is 12.1 Å². The minimum absolute atomic E-state index is 0.0746. The molecule has 2 aromatic rings. The normalized spacial score (nSPS) is 12.0. The molecule has 0 saturated carbocycles. The number of hydrogen-bond donors (Lipinski definition) is 1. The van der Waals surface area contributed by atoms with Crippen LogP contribution in [0.25, 0.3) is 0 Å². The molecule has 0 saturated heterocycles. The second-order valence-corrected chi connectivity index (χ2v) is 6.40. The van der Waals surface area contributed by atoms with E-state index in [0.717, 1.165) is 17.7 Å². The summed E-state index contributed by atoms with van der Waals surface area (Å²) >= 11 is 0. The second-order valence-electron chi connectivity index (χ2n) is 6.40. The summed E-state index contributed by atoms with van der Waals surface area (Å²) in [6, 6.07) is 14.6. The Balaban J connectivity index is 1.97. The molecule has 0 heterocycles. The molecule has 0 bridgehead atoms. The number of rotatable bonds is 5. The summed E-state index contributed by atoms with van der Waals surface area (Å²) in [6.07, 6.45) is -4.48. The average molecular weight is 335 g/mol. The van der Waals surface area contributed by atoms with Gasteiger partial charge in [-0.05, 0) is 17.2 Å². The third kappa shape index (κ3) is 4.85. The minimum Gasteiger partial charge on any atom is -0.355 e. The molecule has 0 aliphatic carbocycles. The van der Waals surface area contributed by atoms with Crippen LogP contribution in [-0.4, -0.2) is 12.5 Å². The van der Waals surface area contributed by atoms with Crippen LogP contribution in [0, 0.1) is 0 Å². The average Bonchev–Trinajstić information content (AvgIpc) is 2.53. The van der Waals surface area contributed by atoms with Crippen LogP contribution >= 0.6 is 0 Å². The van der Waals surface area contributed by atoms with Crippen molar-refractivity contribution >= 4 is 5.91 Å². The number of benzene rings is 2. The van der Waals surface area contributed by atoms with Crippen LogP contribution in [0.5, 0.6) is 0 Å². The highest BCUT2D eigenvalue weighted by Gasteiger charge is 2.30. The Morgan fingerprint density at radius 1 is 0.958 bits per heavy atom. The van der Waals surface area contributed by atoms with Crippen molar-refractivity contribution in [3.8, 4) is 0 Å². The van der Waals surface area contributed by atoms with Crippen LogP contribution < -0.4 is 5.32 Å². The lowest BCUT2D eigenvalue weighted by molar-refractivity contribution is -0.137. The van der Waals surface area contributed by atoms with E-state index in [1.54, 1.807) is 0 Å². The molecule has 0 unspecified atom stereocenters. The molecule has 0 atom stereocenters. The highest BCUT2D eigenvalue weighted by atomic mass is 19.4. The van der Waals surface area contributed by atoms with Gasteiger partial charge in [0.2, 0.25) is 5.91 Å². The van der Waals surface area contributed by atoms with Crippen LogP contribution in [0.4, 0.5) is 13.2 Å². The first-order valence-electron chi connectivity index (χ1n) is 7.67. The van der Waals surface area contributed by atoms with Crippen molar-refractivity contribution in [1.29, 1.82) is 0 Å². The lowest BCUT2D eigenvalue weighted by atomic mass is 9.84. The van der Waals surface area contributed by atoms with Crippen molar-refractivity contribution in [3.05, 3.63) is 71.3 Å². The Bertz CT molecular complexity index is 693. The highest BCUT2D eigenvalue weighted by Crippen LogP contribution is 2.29. The van der Waals surface area contributed by atoms with Crippen molar-refractivity contribution in [2.24, 2.45) is 0 Å². The van der Waals surface area contributed by atoms with E-state index in [-0.39, 0.29) is 17.7 Å². The first-order chi connectivity index (χ1) is 11.2. The van der Waals surface area contributed by atoms with Crippen molar-refractivity contribution in [2.45, 2.75) is 31.9 Å². The topological polar surface area (TPSA) is 29.1 Å². The van der Waals surface area contributed by atoms with Gasteiger partial charge in [0, 0.05) is 12.0 Å². The summed E-state index contributed by atoms with van der Waals surface area (Å²) in [5.41, 5.74) is 0.437. The molecule has 0 aliphatic heterocycles. The minimum atomic E-state index is -4.40.